The second-order valence-electron chi connectivity index (χ2n) is 7.69. The van der Waals surface area contributed by atoms with Gasteiger partial charge in [-0.05, 0) is 17.5 Å². The van der Waals surface area contributed by atoms with Crippen LogP contribution >= 0.6 is 0 Å². The number of rotatable bonds is 7. The Hall–Kier alpha value is -3.08. The van der Waals surface area contributed by atoms with Gasteiger partial charge in [-0.3, -0.25) is 14.3 Å². The van der Waals surface area contributed by atoms with E-state index in [2.05, 4.69) is 34.4 Å². The second-order valence-corrected chi connectivity index (χ2v) is 7.69. The summed E-state index contributed by atoms with van der Waals surface area (Å²) in [5.74, 6) is 0. The van der Waals surface area contributed by atoms with E-state index in [-0.39, 0.29) is 18.6 Å². The van der Waals surface area contributed by atoms with Crippen molar-refractivity contribution in [1.29, 1.82) is 0 Å². The van der Waals surface area contributed by atoms with Crippen LogP contribution in [-0.4, -0.2) is 53.6 Å². The summed E-state index contributed by atoms with van der Waals surface area (Å²) < 4.78 is 8.35. The molecule has 1 aromatic carbocycles. The van der Waals surface area contributed by atoms with E-state index in [1.54, 1.807) is 10.9 Å². The summed E-state index contributed by atoms with van der Waals surface area (Å²) >= 11 is 0. The largest absolute Gasteiger partial charge is 0.394 e. The molecule has 10 heteroatoms. The van der Waals surface area contributed by atoms with Crippen molar-refractivity contribution < 1.29 is 14.9 Å². The number of aryl methyl sites for hydroxylation is 1. The Morgan fingerprint density at radius 2 is 1.94 bits per heavy atom. The fraction of sp³-hybridized carbons (Fsp3) is 0.429. The molecule has 0 bridgehead atoms. The van der Waals surface area contributed by atoms with Crippen molar-refractivity contribution in [1.82, 2.24) is 24.5 Å². The van der Waals surface area contributed by atoms with Gasteiger partial charge in [0.25, 0.3) is 5.56 Å². The number of hydrogen-bond acceptors (Lipinski definition) is 7. The maximum atomic E-state index is 12.4. The smallest absolute Gasteiger partial charge is 0.330 e. The lowest BCUT2D eigenvalue weighted by atomic mass is 10.1. The standard InChI is InChI=1S/C21H25N5O5/c1-2-3-13-4-6-14(7-5-13)9-25-11-16(23-24-25)15-10-26(21(30)22-20(15)29)19-8-17(28)18(12-27)31-19/h4-7,10-11,17-19,27-28H,2-3,8-9,12H2,1H3,(H,22,29,30)/t17-,18+,19+/m0/s1. The molecule has 1 aliphatic heterocycles. The maximum Gasteiger partial charge on any atom is 0.330 e. The Balaban J connectivity index is 1.57. The molecule has 2 aromatic heterocycles. The van der Waals surface area contributed by atoms with Crippen LogP contribution in [0.5, 0.6) is 0 Å². The van der Waals surface area contributed by atoms with Crippen LogP contribution in [0.15, 0.2) is 46.2 Å². The van der Waals surface area contributed by atoms with Crippen molar-refractivity contribution in [2.45, 2.75) is 51.2 Å². The van der Waals surface area contributed by atoms with Crippen LogP contribution in [0.1, 0.15) is 37.1 Å². The lowest BCUT2D eigenvalue weighted by molar-refractivity contribution is -0.0458. The summed E-state index contributed by atoms with van der Waals surface area (Å²) in [4.78, 5) is 26.9. The Morgan fingerprint density at radius 1 is 1.19 bits per heavy atom. The number of aliphatic hydroxyl groups excluding tert-OH is 2. The van der Waals surface area contributed by atoms with Crippen molar-refractivity contribution in [2.75, 3.05) is 6.61 Å². The molecule has 3 aromatic rings. The van der Waals surface area contributed by atoms with Gasteiger partial charge in [-0.1, -0.05) is 42.8 Å². The first-order chi connectivity index (χ1) is 15.0. The number of aromatic amines is 1. The molecule has 1 saturated heterocycles. The van der Waals surface area contributed by atoms with Gasteiger partial charge in [0.1, 0.15) is 18.0 Å². The van der Waals surface area contributed by atoms with Crippen LogP contribution in [0.25, 0.3) is 11.3 Å². The normalized spacial score (nSPS) is 20.9. The first-order valence-electron chi connectivity index (χ1n) is 10.3. The number of H-pyrrole nitrogens is 1. The van der Waals surface area contributed by atoms with E-state index in [9.17, 15) is 19.8 Å². The zero-order valence-electron chi connectivity index (χ0n) is 17.1. The van der Waals surface area contributed by atoms with Gasteiger partial charge >= 0.3 is 5.69 Å². The summed E-state index contributed by atoms with van der Waals surface area (Å²) in [6, 6.07) is 8.26. The van der Waals surface area contributed by atoms with E-state index >= 15 is 0 Å². The Morgan fingerprint density at radius 3 is 2.61 bits per heavy atom. The van der Waals surface area contributed by atoms with Gasteiger partial charge in [0.2, 0.25) is 0 Å². The Kier molecular flexibility index (Phi) is 6.12. The van der Waals surface area contributed by atoms with E-state index < -0.39 is 29.7 Å². The Bertz CT molecular complexity index is 1150. The van der Waals surface area contributed by atoms with Crippen molar-refractivity contribution in [2.24, 2.45) is 0 Å². The molecule has 164 valence electrons. The molecule has 0 unspecified atom stereocenters. The first-order valence-corrected chi connectivity index (χ1v) is 10.3. The third kappa shape index (κ3) is 4.50. The molecule has 3 atom stereocenters. The van der Waals surface area contributed by atoms with Crippen LogP contribution in [-0.2, 0) is 17.7 Å². The third-order valence-corrected chi connectivity index (χ3v) is 5.38. The molecule has 4 rings (SSSR count). The molecule has 3 heterocycles. The van der Waals surface area contributed by atoms with Gasteiger partial charge in [-0.15, -0.1) is 5.10 Å². The molecule has 31 heavy (non-hydrogen) atoms. The minimum absolute atomic E-state index is 0.122. The van der Waals surface area contributed by atoms with E-state index in [4.69, 9.17) is 4.74 Å². The lowest BCUT2D eigenvalue weighted by Crippen LogP contribution is -2.33. The highest BCUT2D eigenvalue weighted by Crippen LogP contribution is 2.27. The predicted molar refractivity (Wildman–Crippen MR) is 111 cm³/mol. The minimum Gasteiger partial charge on any atom is -0.394 e. The van der Waals surface area contributed by atoms with Crippen LogP contribution in [0, 0.1) is 0 Å². The highest BCUT2D eigenvalue weighted by Gasteiger charge is 2.35. The molecule has 3 N–H and O–H groups in total. The molecule has 0 saturated carbocycles. The number of hydrogen-bond donors (Lipinski definition) is 3. The van der Waals surface area contributed by atoms with Crippen LogP contribution in [0.3, 0.4) is 0 Å². The van der Waals surface area contributed by atoms with Crippen molar-refractivity contribution in [3.63, 3.8) is 0 Å². The fourth-order valence-corrected chi connectivity index (χ4v) is 3.72. The van der Waals surface area contributed by atoms with Gasteiger partial charge in [-0.25, -0.2) is 9.48 Å². The quantitative estimate of drug-likeness (QED) is 0.498. The fourth-order valence-electron chi connectivity index (χ4n) is 3.72. The summed E-state index contributed by atoms with van der Waals surface area (Å²) in [6.07, 6.45) is 2.76. The SMILES string of the molecule is CCCc1ccc(Cn2cc(-c3cn([C@H]4C[C@H](O)[C@@H](CO)O4)c(=O)[nH]c3=O)nn2)cc1. The van der Waals surface area contributed by atoms with E-state index in [0.29, 0.717) is 12.2 Å². The van der Waals surface area contributed by atoms with Crippen LogP contribution in [0.4, 0.5) is 0 Å². The zero-order valence-corrected chi connectivity index (χ0v) is 17.1. The molecule has 0 spiro atoms. The molecule has 1 aliphatic rings. The van der Waals surface area contributed by atoms with E-state index in [1.165, 1.54) is 16.3 Å². The van der Waals surface area contributed by atoms with Gasteiger partial charge < -0.3 is 14.9 Å². The summed E-state index contributed by atoms with van der Waals surface area (Å²) in [7, 11) is 0. The van der Waals surface area contributed by atoms with Gasteiger partial charge in [-0.2, -0.15) is 0 Å². The topological polar surface area (TPSA) is 135 Å². The van der Waals surface area contributed by atoms with E-state index in [0.717, 1.165) is 18.4 Å². The van der Waals surface area contributed by atoms with Crippen molar-refractivity contribution in [3.8, 4) is 11.3 Å². The third-order valence-electron chi connectivity index (χ3n) is 5.38. The molecular weight excluding hydrogens is 402 g/mol. The summed E-state index contributed by atoms with van der Waals surface area (Å²) in [5.41, 5.74) is 1.56. The molecule has 0 radical (unpaired) electrons. The highest BCUT2D eigenvalue weighted by atomic mass is 16.5. The van der Waals surface area contributed by atoms with Gasteiger partial charge in [0, 0.05) is 12.6 Å². The van der Waals surface area contributed by atoms with Crippen LogP contribution < -0.4 is 11.2 Å². The second kappa shape index (κ2) is 8.96. The lowest BCUT2D eigenvalue weighted by Gasteiger charge is -2.14. The summed E-state index contributed by atoms with van der Waals surface area (Å²) in [5, 5.41) is 27.4. The number of nitrogens with zero attached hydrogens (tertiary/aromatic N) is 4. The predicted octanol–water partition coefficient (Wildman–Crippen LogP) is 0.437. The minimum atomic E-state index is -0.901. The average Bonchev–Trinajstić information content (AvgIpc) is 3.36. The molecule has 0 amide bonds. The Labute approximate surface area is 177 Å². The maximum absolute atomic E-state index is 12.4. The zero-order chi connectivity index (χ0) is 22.0. The number of ether oxygens (including phenoxy) is 1. The molecule has 1 fully saturated rings. The monoisotopic (exact) mass is 427 g/mol. The summed E-state index contributed by atoms with van der Waals surface area (Å²) in [6.45, 7) is 2.27. The number of aliphatic hydroxyl groups is 2. The van der Waals surface area contributed by atoms with Gasteiger partial charge in [0.05, 0.1) is 31.0 Å². The van der Waals surface area contributed by atoms with Gasteiger partial charge in [0.15, 0.2) is 0 Å². The number of nitrogens with one attached hydrogen (secondary N) is 1. The van der Waals surface area contributed by atoms with Crippen LogP contribution in [0.2, 0.25) is 0 Å². The molecule has 0 aliphatic carbocycles. The number of aromatic nitrogens is 5. The average molecular weight is 427 g/mol. The van der Waals surface area contributed by atoms with Crippen molar-refractivity contribution >= 4 is 0 Å². The molecular formula is C21H25N5O5. The first kappa shape index (κ1) is 21.2. The highest BCUT2D eigenvalue weighted by molar-refractivity contribution is 5.54. The van der Waals surface area contributed by atoms with Crippen molar-refractivity contribution in [3.05, 3.63) is 68.6 Å². The molecule has 10 nitrogen and oxygen atoms in total. The van der Waals surface area contributed by atoms with E-state index in [1.807, 2.05) is 12.1 Å². The number of benzene rings is 1.